The van der Waals surface area contributed by atoms with Crippen LogP contribution in [0.3, 0.4) is 0 Å². The van der Waals surface area contributed by atoms with Gasteiger partial charge in [0.25, 0.3) is 0 Å². The molecule has 1 heteroatoms. The van der Waals surface area contributed by atoms with Crippen molar-refractivity contribution in [1.82, 2.24) is 4.98 Å². The average Bonchev–Trinajstić information content (AvgIpc) is 2.69. The van der Waals surface area contributed by atoms with E-state index in [4.69, 9.17) is 0 Å². The van der Waals surface area contributed by atoms with E-state index in [1.807, 2.05) is 0 Å². The maximum atomic E-state index is 3.32. The molecule has 0 aliphatic heterocycles. The molecule has 0 aliphatic carbocycles. The number of aromatic amines is 1. The van der Waals surface area contributed by atoms with Gasteiger partial charge in [0.2, 0.25) is 0 Å². The van der Waals surface area contributed by atoms with Gasteiger partial charge in [-0.3, -0.25) is 0 Å². The van der Waals surface area contributed by atoms with E-state index in [1.54, 1.807) is 0 Å². The molecule has 1 unspecified atom stereocenters. The van der Waals surface area contributed by atoms with E-state index in [0.29, 0.717) is 5.92 Å². The Balaban J connectivity index is 2.52. The fourth-order valence-corrected chi connectivity index (χ4v) is 2.03. The molecule has 1 atom stereocenters. The summed E-state index contributed by atoms with van der Waals surface area (Å²) in [7, 11) is 0. The Morgan fingerprint density at radius 2 is 2.07 bits per heavy atom. The van der Waals surface area contributed by atoms with Gasteiger partial charge in [0.05, 0.1) is 0 Å². The van der Waals surface area contributed by atoms with Crippen molar-refractivity contribution in [2.45, 2.75) is 39.5 Å². The molecule has 2 aromatic rings. The third-order valence-electron chi connectivity index (χ3n) is 3.35. The van der Waals surface area contributed by atoms with E-state index in [-0.39, 0.29) is 0 Å². The molecule has 80 valence electrons. The number of nitrogens with one attached hydrogen (secondary N) is 1. The fraction of sp³-hybridized carbons (Fsp3) is 0.429. The molecule has 0 bridgehead atoms. The molecule has 0 radical (unpaired) electrons. The van der Waals surface area contributed by atoms with Gasteiger partial charge in [-0.25, -0.2) is 0 Å². The second-order valence-electron chi connectivity index (χ2n) is 4.28. The van der Waals surface area contributed by atoms with Crippen LogP contribution in [0.25, 0.3) is 10.9 Å². The average molecular weight is 201 g/mol. The normalized spacial score (nSPS) is 13.3. The van der Waals surface area contributed by atoms with E-state index in [1.165, 1.54) is 28.5 Å². The van der Waals surface area contributed by atoms with Crippen LogP contribution >= 0.6 is 0 Å². The molecular weight excluding hydrogens is 182 g/mol. The van der Waals surface area contributed by atoms with Crippen LogP contribution in [0.15, 0.2) is 24.4 Å². The molecule has 0 saturated heterocycles. The van der Waals surface area contributed by atoms with Gasteiger partial charge in [-0.1, -0.05) is 26.8 Å². The molecule has 1 N–H and O–H groups in total. The quantitative estimate of drug-likeness (QED) is 0.764. The molecule has 1 heterocycles. The lowest BCUT2D eigenvalue weighted by molar-refractivity contribution is 0.734. The zero-order valence-electron chi connectivity index (χ0n) is 9.80. The van der Waals surface area contributed by atoms with Crippen LogP contribution in [0.1, 0.15) is 44.2 Å². The molecule has 0 saturated carbocycles. The third-order valence-corrected chi connectivity index (χ3v) is 3.35. The first kappa shape index (κ1) is 10.3. The van der Waals surface area contributed by atoms with Crippen LogP contribution in [-0.4, -0.2) is 4.98 Å². The first-order valence-corrected chi connectivity index (χ1v) is 5.86. The minimum absolute atomic E-state index is 0.661. The van der Waals surface area contributed by atoms with Crippen LogP contribution in [0.5, 0.6) is 0 Å². The number of aromatic nitrogens is 1. The van der Waals surface area contributed by atoms with E-state index < -0.39 is 0 Å². The Hall–Kier alpha value is -1.24. The number of fused-ring (bicyclic) bond motifs is 1. The van der Waals surface area contributed by atoms with Crippen molar-refractivity contribution < 1.29 is 0 Å². The summed E-state index contributed by atoms with van der Waals surface area (Å²) in [6.07, 6.45) is 4.44. The van der Waals surface area contributed by atoms with Crippen molar-refractivity contribution in [2.75, 3.05) is 0 Å². The molecule has 1 nitrogen and oxygen atoms in total. The highest BCUT2D eigenvalue weighted by molar-refractivity contribution is 5.84. The maximum Gasteiger partial charge on any atom is 0.0456 e. The van der Waals surface area contributed by atoms with E-state index >= 15 is 0 Å². The van der Waals surface area contributed by atoms with Crippen molar-refractivity contribution in [3.05, 3.63) is 35.5 Å². The summed E-state index contributed by atoms with van der Waals surface area (Å²) in [5.74, 6) is 0.661. The van der Waals surface area contributed by atoms with Gasteiger partial charge in [-0.15, -0.1) is 0 Å². The first-order chi connectivity index (χ1) is 7.26. The van der Waals surface area contributed by atoms with Crippen molar-refractivity contribution >= 4 is 10.9 Å². The Kier molecular flexibility index (Phi) is 2.81. The summed E-state index contributed by atoms with van der Waals surface area (Å²) in [6.45, 7) is 6.74. The van der Waals surface area contributed by atoms with Crippen molar-refractivity contribution in [3.8, 4) is 0 Å². The highest BCUT2D eigenvalue weighted by atomic mass is 14.7. The zero-order valence-corrected chi connectivity index (χ0v) is 9.80. The Bertz CT molecular complexity index is 453. The lowest BCUT2D eigenvalue weighted by atomic mass is 9.96. The predicted octanol–water partition coefficient (Wildman–Crippen LogP) is 4.24. The second kappa shape index (κ2) is 4.09. The summed E-state index contributed by atoms with van der Waals surface area (Å²) in [5, 5.41) is 1.40. The van der Waals surface area contributed by atoms with Crippen LogP contribution in [0, 0.1) is 0 Å². The molecule has 0 spiro atoms. The second-order valence-corrected chi connectivity index (χ2v) is 4.28. The molecule has 0 aliphatic rings. The topological polar surface area (TPSA) is 15.8 Å². The maximum absolute atomic E-state index is 3.32. The third kappa shape index (κ3) is 1.79. The van der Waals surface area contributed by atoms with E-state index in [0.717, 1.165) is 6.42 Å². The van der Waals surface area contributed by atoms with Gasteiger partial charge in [0.1, 0.15) is 0 Å². The Morgan fingerprint density at radius 1 is 1.27 bits per heavy atom. The van der Waals surface area contributed by atoms with Gasteiger partial charge in [-0.2, -0.15) is 0 Å². The highest BCUT2D eigenvalue weighted by Crippen LogP contribution is 2.25. The largest absolute Gasteiger partial charge is 0.361 e. The predicted molar refractivity (Wildman–Crippen MR) is 66.4 cm³/mol. The molecule has 15 heavy (non-hydrogen) atoms. The number of aryl methyl sites for hydroxylation is 1. The first-order valence-electron chi connectivity index (χ1n) is 5.86. The molecule has 1 aromatic carbocycles. The van der Waals surface area contributed by atoms with Crippen molar-refractivity contribution in [2.24, 2.45) is 0 Å². The Labute approximate surface area is 91.5 Å². The van der Waals surface area contributed by atoms with Crippen LogP contribution in [0.4, 0.5) is 0 Å². The molecule has 0 amide bonds. The highest BCUT2D eigenvalue weighted by Gasteiger charge is 2.06. The zero-order chi connectivity index (χ0) is 10.8. The SMILES string of the molecule is CCc1c[nH]c2ccc(C(C)CC)cc12. The molecular formula is C14H19N. The van der Waals surface area contributed by atoms with Crippen LogP contribution in [0.2, 0.25) is 0 Å². The monoisotopic (exact) mass is 201 g/mol. The Morgan fingerprint density at radius 3 is 2.73 bits per heavy atom. The lowest BCUT2D eigenvalue weighted by Crippen LogP contribution is -1.90. The minimum Gasteiger partial charge on any atom is -0.361 e. The number of hydrogen-bond donors (Lipinski definition) is 1. The molecule has 2 rings (SSSR count). The number of H-pyrrole nitrogens is 1. The van der Waals surface area contributed by atoms with Gasteiger partial charge in [0.15, 0.2) is 0 Å². The summed E-state index contributed by atoms with van der Waals surface area (Å²) in [5.41, 5.74) is 4.15. The van der Waals surface area contributed by atoms with E-state index in [9.17, 15) is 0 Å². The molecule has 1 aromatic heterocycles. The summed E-state index contributed by atoms with van der Waals surface area (Å²) < 4.78 is 0. The van der Waals surface area contributed by atoms with Gasteiger partial charge < -0.3 is 4.98 Å². The smallest absolute Gasteiger partial charge is 0.0456 e. The summed E-state index contributed by atoms with van der Waals surface area (Å²) in [4.78, 5) is 3.32. The standard InChI is InChI=1S/C14H19N/c1-4-10(3)12-6-7-14-13(8-12)11(5-2)9-15-14/h6-10,15H,4-5H2,1-3H3. The molecule has 0 fully saturated rings. The van der Waals surface area contributed by atoms with Crippen LogP contribution < -0.4 is 0 Å². The summed E-state index contributed by atoms with van der Waals surface area (Å²) >= 11 is 0. The van der Waals surface area contributed by atoms with Crippen molar-refractivity contribution in [1.29, 1.82) is 0 Å². The number of rotatable bonds is 3. The fourth-order valence-electron chi connectivity index (χ4n) is 2.03. The van der Waals surface area contributed by atoms with E-state index in [2.05, 4.69) is 50.2 Å². The number of hydrogen-bond acceptors (Lipinski definition) is 0. The lowest BCUT2D eigenvalue weighted by Gasteiger charge is -2.09. The number of benzene rings is 1. The van der Waals surface area contributed by atoms with Crippen molar-refractivity contribution in [3.63, 3.8) is 0 Å². The van der Waals surface area contributed by atoms with Gasteiger partial charge in [0, 0.05) is 17.1 Å². The van der Waals surface area contributed by atoms with Crippen LogP contribution in [-0.2, 0) is 6.42 Å². The summed E-state index contributed by atoms with van der Waals surface area (Å²) in [6, 6.07) is 6.79. The van der Waals surface area contributed by atoms with Gasteiger partial charge >= 0.3 is 0 Å². The van der Waals surface area contributed by atoms with Gasteiger partial charge in [-0.05, 0) is 42.0 Å². The minimum atomic E-state index is 0.661.